The minimum atomic E-state index is 0.904. The lowest BCUT2D eigenvalue weighted by Gasteiger charge is -2.26. The molecule has 0 saturated carbocycles. The normalized spacial score (nSPS) is 11.6. The standard InChI is InChI=1S/C54H35NO/c1-2-11-38(12-3-1)48-16-8-18-50-51-19-9-17-49(54(51)56-53(48)50)40-26-31-45(32-27-40)55(46-33-28-41-22-21-39-13-6-7-15-47(39)52(41)35-46)44-29-24-37(25-30-44)43-23-20-36-10-4-5-14-42(36)34-43/h1-35H. The first-order chi connectivity index (χ1) is 27.7. The molecule has 2 heteroatoms. The molecule has 1 heterocycles. The van der Waals surface area contributed by atoms with E-state index < -0.39 is 0 Å². The molecule has 0 spiro atoms. The number of hydrogen-bond acceptors (Lipinski definition) is 2. The Hall–Kier alpha value is -7.42. The Labute approximate surface area is 325 Å². The van der Waals surface area contributed by atoms with E-state index in [2.05, 4.69) is 211 Å². The molecule has 0 amide bonds. The first-order valence-electron chi connectivity index (χ1n) is 19.2. The zero-order valence-electron chi connectivity index (χ0n) is 30.6. The van der Waals surface area contributed by atoms with Gasteiger partial charge in [-0.3, -0.25) is 0 Å². The number of rotatable bonds is 6. The van der Waals surface area contributed by atoms with Gasteiger partial charge in [0.2, 0.25) is 0 Å². The van der Waals surface area contributed by atoms with E-state index in [1.807, 2.05) is 6.07 Å². The van der Waals surface area contributed by atoms with E-state index in [9.17, 15) is 0 Å². The van der Waals surface area contributed by atoms with Gasteiger partial charge in [-0.2, -0.15) is 0 Å². The molecule has 11 rings (SSSR count). The quantitative estimate of drug-likeness (QED) is 0.160. The summed E-state index contributed by atoms with van der Waals surface area (Å²) in [4.78, 5) is 2.36. The fourth-order valence-corrected chi connectivity index (χ4v) is 8.43. The molecule has 1 aromatic heterocycles. The molecule has 0 aliphatic rings. The maximum Gasteiger partial charge on any atom is 0.143 e. The van der Waals surface area contributed by atoms with E-state index in [1.54, 1.807) is 0 Å². The summed E-state index contributed by atoms with van der Waals surface area (Å²) in [6, 6.07) is 76.4. The molecular formula is C54H35NO. The second kappa shape index (κ2) is 13.2. The van der Waals surface area contributed by atoms with Gasteiger partial charge in [-0.15, -0.1) is 0 Å². The second-order valence-corrected chi connectivity index (χ2v) is 14.5. The zero-order chi connectivity index (χ0) is 37.0. The number of furan rings is 1. The van der Waals surface area contributed by atoms with Crippen molar-refractivity contribution in [2.24, 2.45) is 0 Å². The topological polar surface area (TPSA) is 16.4 Å². The van der Waals surface area contributed by atoms with Gasteiger partial charge >= 0.3 is 0 Å². The van der Waals surface area contributed by atoms with Gasteiger partial charge in [-0.25, -0.2) is 0 Å². The van der Waals surface area contributed by atoms with Gasteiger partial charge in [-0.05, 0) is 97.0 Å². The molecule has 0 bridgehead atoms. The monoisotopic (exact) mass is 713 g/mol. The first kappa shape index (κ1) is 32.0. The van der Waals surface area contributed by atoms with Crippen LogP contribution >= 0.6 is 0 Å². The lowest BCUT2D eigenvalue weighted by Crippen LogP contribution is -2.09. The van der Waals surface area contributed by atoms with Crippen LogP contribution in [0.3, 0.4) is 0 Å². The maximum atomic E-state index is 6.78. The summed E-state index contributed by atoms with van der Waals surface area (Å²) >= 11 is 0. The summed E-state index contributed by atoms with van der Waals surface area (Å²) in [5.41, 5.74) is 11.9. The summed E-state index contributed by atoms with van der Waals surface area (Å²) < 4.78 is 6.78. The number of fused-ring (bicyclic) bond motifs is 7. The smallest absolute Gasteiger partial charge is 0.143 e. The Kier molecular flexibility index (Phi) is 7.53. The van der Waals surface area contributed by atoms with Gasteiger partial charge in [0.15, 0.2) is 0 Å². The lowest BCUT2D eigenvalue weighted by atomic mass is 9.99. The fraction of sp³-hybridized carbons (Fsp3) is 0. The number of benzene rings is 10. The van der Waals surface area contributed by atoms with Gasteiger partial charge in [0.25, 0.3) is 0 Å². The van der Waals surface area contributed by atoms with E-state index in [0.717, 1.165) is 61.3 Å². The minimum Gasteiger partial charge on any atom is -0.455 e. The zero-order valence-corrected chi connectivity index (χ0v) is 30.6. The Morgan fingerprint density at radius 3 is 1.45 bits per heavy atom. The molecule has 0 saturated heterocycles. The molecule has 0 N–H and O–H groups in total. The van der Waals surface area contributed by atoms with Crippen LogP contribution < -0.4 is 4.90 Å². The second-order valence-electron chi connectivity index (χ2n) is 14.5. The third-order valence-electron chi connectivity index (χ3n) is 11.2. The molecule has 262 valence electrons. The summed E-state index contributed by atoms with van der Waals surface area (Å²) in [7, 11) is 0. The van der Waals surface area contributed by atoms with Crippen LogP contribution in [0.4, 0.5) is 17.1 Å². The van der Waals surface area contributed by atoms with Crippen LogP contribution in [0, 0.1) is 0 Å². The van der Waals surface area contributed by atoms with Gasteiger partial charge in [0, 0.05) is 39.0 Å². The summed E-state index contributed by atoms with van der Waals surface area (Å²) in [5.74, 6) is 0. The number of hydrogen-bond donors (Lipinski definition) is 0. The molecule has 0 unspecified atom stereocenters. The number of nitrogens with zero attached hydrogens (tertiary/aromatic N) is 1. The van der Waals surface area contributed by atoms with Crippen LogP contribution in [-0.4, -0.2) is 0 Å². The molecule has 56 heavy (non-hydrogen) atoms. The lowest BCUT2D eigenvalue weighted by molar-refractivity contribution is 0.671. The number of para-hydroxylation sites is 2. The highest BCUT2D eigenvalue weighted by Crippen LogP contribution is 2.42. The van der Waals surface area contributed by atoms with Crippen molar-refractivity contribution in [1.82, 2.24) is 0 Å². The van der Waals surface area contributed by atoms with Crippen molar-refractivity contribution in [2.45, 2.75) is 0 Å². The van der Waals surface area contributed by atoms with Crippen LogP contribution in [0.25, 0.3) is 87.6 Å². The van der Waals surface area contributed by atoms with Crippen molar-refractivity contribution in [3.8, 4) is 33.4 Å². The maximum absolute atomic E-state index is 6.78. The average molecular weight is 714 g/mol. The van der Waals surface area contributed by atoms with Gasteiger partial charge in [0.05, 0.1) is 0 Å². The molecule has 10 aromatic carbocycles. The summed E-state index contributed by atoms with van der Waals surface area (Å²) in [6.07, 6.45) is 0. The molecular weight excluding hydrogens is 679 g/mol. The van der Waals surface area contributed by atoms with Crippen molar-refractivity contribution in [3.05, 3.63) is 212 Å². The van der Waals surface area contributed by atoms with Gasteiger partial charge in [0.1, 0.15) is 11.2 Å². The first-order valence-corrected chi connectivity index (χ1v) is 19.2. The Balaban J connectivity index is 1.03. The largest absolute Gasteiger partial charge is 0.455 e. The summed E-state index contributed by atoms with van der Waals surface area (Å²) in [6.45, 7) is 0. The third kappa shape index (κ3) is 5.42. The van der Waals surface area contributed by atoms with Crippen molar-refractivity contribution in [2.75, 3.05) is 4.90 Å². The molecule has 0 radical (unpaired) electrons. The highest BCUT2D eigenvalue weighted by atomic mass is 16.3. The number of anilines is 3. The predicted octanol–water partition coefficient (Wildman–Crippen LogP) is 15.5. The minimum absolute atomic E-state index is 0.904. The predicted molar refractivity (Wildman–Crippen MR) is 237 cm³/mol. The van der Waals surface area contributed by atoms with Crippen LogP contribution in [0.15, 0.2) is 217 Å². The Bertz CT molecular complexity index is 3230. The van der Waals surface area contributed by atoms with Crippen molar-refractivity contribution >= 4 is 71.3 Å². The van der Waals surface area contributed by atoms with Crippen LogP contribution in [0.2, 0.25) is 0 Å². The van der Waals surface area contributed by atoms with E-state index in [4.69, 9.17) is 4.42 Å². The molecule has 0 aliphatic carbocycles. The fourth-order valence-electron chi connectivity index (χ4n) is 8.43. The molecule has 0 fully saturated rings. The highest BCUT2D eigenvalue weighted by molar-refractivity contribution is 6.13. The molecule has 0 aliphatic heterocycles. The summed E-state index contributed by atoms with van der Waals surface area (Å²) in [5, 5.41) is 9.70. The van der Waals surface area contributed by atoms with E-state index in [0.29, 0.717) is 0 Å². The SMILES string of the molecule is c1ccc(-c2cccc3c2oc2c(-c4ccc(N(c5ccc(-c6ccc7ccccc7c6)cc5)c5ccc6ccc7ccccc7c6c5)cc4)cccc23)cc1. The van der Waals surface area contributed by atoms with E-state index in [-0.39, 0.29) is 0 Å². The van der Waals surface area contributed by atoms with Gasteiger partial charge < -0.3 is 9.32 Å². The average Bonchev–Trinajstić information content (AvgIpc) is 3.66. The van der Waals surface area contributed by atoms with Crippen molar-refractivity contribution in [1.29, 1.82) is 0 Å². The van der Waals surface area contributed by atoms with Crippen molar-refractivity contribution in [3.63, 3.8) is 0 Å². The Morgan fingerprint density at radius 2 is 0.750 bits per heavy atom. The Morgan fingerprint density at radius 1 is 0.268 bits per heavy atom. The molecule has 0 atom stereocenters. The highest BCUT2D eigenvalue weighted by Gasteiger charge is 2.18. The van der Waals surface area contributed by atoms with Crippen LogP contribution in [0.1, 0.15) is 0 Å². The van der Waals surface area contributed by atoms with Crippen LogP contribution in [-0.2, 0) is 0 Å². The van der Waals surface area contributed by atoms with Crippen molar-refractivity contribution < 1.29 is 4.42 Å². The van der Waals surface area contributed by atoms with E-state index in [1.165, 1.54) is 43.4 Å². The van der Waals surface area contributed by atoms with Gasteiger partial charge in [-0.1, -0.05) is 170 Å². The molecule has 11 aromatic rings. The molecule has 2 nitrogen and oxygen atoms in total. The third-order valence-corrected chi connectivity index (χ3v) is 11.2. The van der Waals surface area contributed by atoms with Crippen LogP contribution in [0.5, 0.6) is 0 Å². The van der Waals surface area contributed by atoms with E-state index >= 15 is 0 Å².